The minimum absolute atomic E-state index is 0.410. The molecule has 14 heteroatoms. The smallest absolute Gasteiger partial charge is 0.494 e. The first-order valence-corrected chi connectivity index (χ1v) is 44.2. The molecule has 0 bridgehead atoms. The maximum atomic E-state index is 6.34. The normalized spacial score (nSPS) is 13.4. The van der Waals surface area contributed by atoms with E-state index in [9.17, 15) is 0 Å². The SMILES string of the molecule is CCCCCCOc1ccc(C#CC#Cc2ccccc2Br)cc1.CCOc1ccc(C#CC#Cc2ccccc2-c2ccc3c(-c4c(OC)ccc5cc(-c6ccccc6C#CC#Cc6ccc(OCC)cc6)ccc45)c(OC)ccc3c2)cc1.COc1ccc2cc(B3OC(C)(C)C(C)(C)O3)ccc2c1-c1c(OC)ccc2cc(B3OC(C)(C)C(C)(C)O3)ccc12. The zero-order valence-electron chi connectivity index (χ0n) is 75.4. The fraction of sp³-hybridized carbons (Fsp3) is 0.228. The molecule has 16 rings (SSSR count). The number of fused-ring (bicyclic) bond motifs is 4. The molecule has 0 N–H and O–H groups in total. The number of benzene rings is 14. The molecule has 11 nitrogen and oxygen atoms in total. The van der Waals surface area contributed by atoms with Gasteiger partial charge in [0.05, 0.1) is 70.7 Å². The highest BCUT2D eigenvalue weighted by Gasteiger charge is 2.53. The number of rotatable bonds is 20. The fourth-order valence-electron chi connectivity index (χ4n) is 15.4. The van der Waals surface area contributed by atoms with Gasteiger partial charge < -0.3 is 51.8 Å². The van der Waals surface area contributed by atoms with Crippen LogP contribution in [0.3, 0.4) is 0 Å². The minimum Gasteiger partial charge on any atom is -0.496 e. The van der Waals surface area contributed by atoms with Crippen LogP contribution in [0, 0.1) is 71.0 Å². The molecule has 2 aliphatic rings. The molecule has 638 valence electrons. The largest absolute Gasteiger partial charge is 0.496 e. The van der Waals surface area contributed by atoms with E-state index in [0.717, 1.165) is 190 Å². The summed E-state index contributed by atoms with van der Waals surface area (Å²) >= 11 is 3.47. The second-order valence-corrected chi connectivity index (χ2v) is 33.9. The van der Waals surface area contributed by atoms with Gasteiger partial charge in [0.1, 0.15) is 40.2 Å². The molecule has 0 aromatic heterocycles. The van der Waals surface area contributed by atoms with Gasteiger partial charge in [0.25, 0.3) is 0 Å². The maximum absolute atomic E-state index is 6.34. The monoisotopic (exact) mass is 1750 g/mol. The average molecular weight is 1750 g/mol. The quantitative estimate of drug-likeness (QED) is 0.0414. The van der Waals surface area contributed by atoms with Crippen LogP contribution >= 0.6 is 15.9 Å². The van der Waals surface area contributed by atoms with Crippen LogP contribution < -0.4 is 44.1 Å². The Bertz CT molecular complexity index is 6440. The summed E-state index contributed by atoms with van der Waals surface area (Å²) in [7, 11) is 5.96. The standard InChI is InChI=1S/C58H42O4.C34H40B2O6.C22H21BrO/c1-5-61-49-31-23-41(24-32-49)15-7-9-17-43-19-11-13-21-51(43)45-27-35-53-47(39-45)29-37-55(59-3)57(53)58-54-36-28-46(40-48(54)30-38-56(58)60-4)52-22-14-12-20-44(52)18-10-8-16-42-25-33-50(34-26-42)62-6-2;1-31(2)32(3,4)40-35(39-31)23-13-15-25-21(19-23)11-17-27(37-9)29(25)30-26-16-14-24(20-22(26)12-18-28(30)38-10)36-41-33(5,6)34(7,8)42-36;1-2-3-4-9-18-24-21-16-14-19(15-17-21)10-5-6-11-20-12-7-8-13-22(20)23/h11-14,19-40H,5-6H2,1-4H3;11-20H,1-10H3;7-8,12-17H,2-4,9,18H2,1H3. The van der Waals surface area contributed by atoms with Crippen LogP contribution in [0.4, 0.5) is 0 Å². The molecule has 14 aromatic rings. The van der Waals surface area contributed by atoms with E-state index >= 15 is 0 Å². The van der Waals surface area contributed by atoms with Crippen LogP contribution in [0.2, 0.25) is 0 Å². The van der Waals surface area contributed by atoms with Crippen molar-refractivity contribution in [2.45, 2.75) is 124 Å². The lowest BCUT2D eigenvalue weighted by Crippen LogP contribution is -2.41. The molecular formula is C114H103B2BrO11. The molecule has 0 aliphatic carbocycles. The third-order valence-corrected chi connectivity index (χ3v) is 24.3. The predicted molar refractivity (Wildman–Crippen MR) is 529 cm³/mol. The molecule has 0 amide bonds. The molecule has 0 spiro atoms. The molecule has 0 saturated carbocycles. The van der Waals surface area contributed by atoms with E-state index in [4.69, 9.17) is 51.8 Å². The summed E-state index contributed by atoms with van der Waals surface area (Å²) in [6.45, 7) is 24.8. The van der Waals surface area contributed by atoms with Crippen molar-refractivity contribution in [1.82, 2.24) is 0 Å². The highest BCUT2D eigenvalue weighted by molar-refractivity contribution is 9.10. The molecule has 2 saturated heterocycles. The molecule has 128 heavy (non-hydrogen) atoms. The highest BCUT2D eigenvalue weighted by Crippen LogP contribution is 2.49. The van der Waals surface area contributed by atoms with E-state index in [1.807, 2.05) is 172 Å². The first kappa shape index (κ1) is 90.8. The van der Waals surface area contributed by atoms with Crippen LogP contribution in [-0.2, 0) is 18.6 Å². The Morgan fingerprint density at radius 2 is 0.617 bits per heavy atom. The van der Waals surface area contributed by atoms with E-state index in [-0.39, 0.29) is 0 Å². The predicted octanol–water partition coefficient (Wildman–Crippen LogP) is 24.7. The lowest BCUT2D eigenvalue weighted by atomic mass is 9.77. The molecule has 0 radical (unpaired) electrons. The van der Waals surface area contributed by atoms with Gasteiger partial charge in [-0.25, -0.2) is 0 Å². The molecule has 2 fully saturated rings. The van der Waals surface area contributed by atoms with E-state index in [0.29, 0.717) is 13.2 Å². The van der Waals surface area contributed by atoms with Crippen LogP contribution in [0.25, 0.3) is 87.6 Å². The average Bonchev–Trinajstić information content (AvgIpc) is 0.760. The zero-order chi connectivity index (χ0) is 90.0. The number of methoxy groups -OCH3 is 4. The summed E-state index contributed by atoms with van der Waals surface area (Å²) in [5, 5.41) is 8.43. The maximum Gasteiger partial charge on any atom is 0.494 e. The van der Waals surface area contributed by atoms with Crippen molar-refractivity contribution < 1.29 is 51.8 Å². The lowest BCUT2D eigenvalue weighted by molar-refractivity contribution is 0.00578. The third-order valence-electron chi connectivity index (χ3n) is 23.6. The van der Waals surface area contributed by atoms with E-state index in [2.05, 4.69) is 258 Å². The Morgan fingerprint density at radius 3 is 0.961 bits per heavy atom. The van der Waals surface area contributed by atoms with Gasteiger partial charge in [-0.1, -0.05) is 195 Å². The van der Waals surface area contributed by atoms with Crippen LogP contribution in [0.1, 0.15) is 135 Å². The summed E-state index contributed by atoms with van der Waals surface area (Å²) in [4.78, 5) is 0. The summed E-state index contributed by atoms with van der Waals surface area (Å²) in [5.41, 5.74) is 13.8. The van der Waals surface area contributed by atoms with Gasteiger partial charge in [-0.3, -0.25) is 0 Å². The van der Waals surface area contributed by atoms with Crippen molar-refractivity contribution in [3.05, 3.63) is 305 Å². The molecule has 2 aliphatic heterocycles. The Balaban J connectivity index is 0.000000172. The minimum atomic E-state index is -0.439. The molecule has 14 aromatic carbocycles. The van der Waals surface area contributed by atoms with Crippen molar-refractivity contribution in [3.8, 4) is 156 Å². The van der Waals surface area contributed by atoms with Gasteiger partial charge in [0.2, 0.25) is 0 Å². The Labute approximate surface area is 763 Å². The first-order valence-electron chi connectivity index (χ1n) is 43.4. The number of unbranched alkanes of at least 4 members (excludes halogenated alkanes) is 3. The van der Waals surface area contributed by atoms with Crippen LogP contribution in [0.5, 0.6) is 40.2 Å². The molecule has 0 unspecified atom stereocenters. The van der Waals surface area contributed by atoms with Crippen LogP contribution in [0.15, 0.2) is 271 Å². The van der Waals surface area contributed by atoms with Gasteiger partial charge in [-0.05, 0) is 337 Å². The summed E-state index contributed by atoms with van der Waals surface area (Å²) < 4.78 is 67.2. The summed E-state index contributed by atoms with van der Waals surface area (Å²) in [5.74, 6) is 42.5. The van der Waals surface area contributed by atoms with E-state index < -0.39 is 36.6 Å². The second-order valence-electron chi connectivity index (χ2n) is 33.0. The topological polar surface area (TPSA) is 102 Å². The van der Waals surface area contributed by atoms with Crippen molar-refractivity contribution >= 4 is 84.2 Å². The Kier molecular flexibility index (Phi) is 29.3. The molecule has 0 atom stereocenters. The molecule has 2 heterocycles. The first-order chi connectivity index (χ1) is 62.0. The summed E-state index contributed by atoms with van der Waals surface area (Å²) in [6.07, 6.45) is 4.87. The summed E-state index contributed by atoms with van der Waals surface area (Å²) in [6, 6.07) is 89.8. The van der Waals surface area contributed by atoms with Gasteiger partial charge in [-0.2, -0.15) is 0 Å². The second kappa shape index (κ2) is 41.3. The Morgan fingerprint density at radius 1 is 0.305 bits per heavy atom. The van der Waals surface area contributed by atoms with Crippen molar-refractivity contribution in [2.24, 2.45) is 0 Å². The van der Waals surface area contributed by atoms with Crippen molar-refractivity contribution in [2.75, 3.05) is 48.3 Å². The van der Waals surface area contributed by atoms with Crippen molar-refractivity contribution in [1.29, 1.82) is 0 Å². The number of halogens is 1. The number of ether oxygens (including phenoxy) is 7. The van der Waals surface area contributed by atoms with E-state index in [1.165, 1.54) is 19.3 Å². The third kappa shape index (κ3) is 21.1. The number of hydrogen-bond donors (Lipinski definition) is 0. The lowest BCUT2D eigenvalue weighted by Gasteiger charge is -2.32. The number of hydrogen-bond acceptors (Lipinski definition) is 11. The fourth-order valence-corrected chi connectivity index (χ4v) is 15.8. The van der Waals surface area contributed by atoms with Gasteiger partial charge in [0.15, 0.2) is 0 Å². The highest BCUT2D eigenvalue weighted by atomic mass is 79.9. The van der Waals surface area contributed by atoms with Gasteiger partial charge in [0, 0.05) is 60.1 Å². The Hall–Kier alpha value is -13.5. The van der Waals surface area contributed by atoms with Gasteiger partial charge >= 0.3 is 14.2 Å². The molecular weight excluding hydrogens is 1650 g/mol. The zero-order valence-corrected chi connectivity index (χ0v) is 77.0. The van der Waals surface area contributed by atoms with E-state index in [1.54, 1.807) is 28.4 Å². The van der Waals surface area contributed by atoms with Crippen LogP contribution in [-0.4, -0.2) is 84.9 Å². The van der Waals surface area contributed by atoms with Gasteiger partial charge in [-0.15, -0.1) is 0 Å². The van der Waals surface area contributed by atoms with Crippen molar-refractivity contribution in [3.63, 3.8) is 0 Å².